The molecule has 0 fully saturated rings. The van der Waals surface area contributed by atoms with Gasteiger partial charge >= 0.3 is 0 Å². The van der Waals surface area contributed by atoms with Crippen LogP contribution in [-0.4, -0.2) is 33.7 Å². The minimum absolute atomic E-state index is 0.0316. The highest BCUT2D eigenvalue weighted by molar-refractivity contribution is 7.13. The molecule has 2 amide bonds. The van der Waals surface area contributed by atoms with E-state index in [1.807, 2.05) is 47.8 Å². The van der Waals surface area contributed by atoms with Gasteiger partial charge in [-0.1, -0.05) is 24.3 Å². The highest BCUT2D eigenvalue weighted by Crippen LogP contribution is 2.29. The molecule has 4 rings (SSSR count). The Morgan fingerprint density at radius 3 is 2.52 bits per heavy atom. The number of nitrogens with zero attached hydrogens (tertiary/aromatic N) is 3. The molecule has 2 aromatic heterocycles. The van der Waals surface area contributed by atoms with Crippen LogP contribution in [0.2, 0.25) is 0 Å². The van der Waals surface area contributed by atoms with Crippen molar-refractivity contribution in [1.82, 2.24) is 14.8 Å². The first-order valence-electron chi connectivity index (χ1n) is 9.38. The first-order chi connectivity index (χ1) is 15.0. The monoisotopic (exact) mass is 433 g/mol. The minimum Gasteiger partial charge on any atom is -0.495 e. The van der Waals surface area contributed by atoms with Crippen molar-refractivity contribution in [2.24, 2.45) is 0 Å². The molecule has 0 aliphatic heterocycles. The average Bonchev–Trinajstić information content (AvgIpc) is 3.44. The number of thiophene rings is 1. The summed E-state index contributed by atoms with van der Waals surface area (Å²) >= 11 is 1.52. The number of carbonyl (C=O) groups is 2. The van der Waals surface area contributed by atoms with E-state index in [1.54, 1.807) is 22.9 Å². The maximum Gasteiger partial charge on any atom is 0.295 e. The van der Waals surface area contributed by atoms with Crippen LogP contribution < -0.4 is 15.4 Å². The Bertz CT molecular complexity index is 1220. The van der Waals surface area contributed by atoms with E-state index < -0.39 is 5.91 Å². The van der Waals surface area contributed by atoms with Gasteiger partial charge in [0.15, 0.2) is 5.82 Å². The van der Waals surface area contributed by atoms with Crippen LogP contribution in [0.4, 0.5) is 11.4 Å². The van der Waals surface area contributed by atoms with E-state index in [0.717, 1.165) is 10.6 Å². The third-order valence-corrected chi connectivity index (χ3v) is 5.19. The second kappa shape index (κ2) is 8.80. The first-order valence-corrected chi connectivity index (χ1v) is 10.3. The topological polar surface area (TPSA) is 98.1 Å². The molecule has 156 valence electrons. The van der Waals surface area contributed by atoms with Crippen molar-refractivity contribution >= 4 is 34.5 Å². The quantitative estimate of drug-likeness (QED) is 0.475. The Kier molecular flexibility index (Phi) is 5.76. The zero-order valence-electron chi connectivity index (χ0n) is 16.8. The smallest absolute Gasteiger partial charge is 0.295 e. The van der Waals surface area contributed by atoms with E-state index in [4.69, 9.17) is 4.74 Å². The lowest BCUT2D eigenvalue weighted by Crippen LogP contribution is -2.15. The van der Waals surface area contributed by atoms with Crippen molar-refractivity contribution in [3.05, 3.63) is 71.9 Å². The summed E-state index contributed by atoms with van der Waals surface area (Å²) in [6.07, 6.45) is 0. The second-order valence-electron chi connectivity index (χ2n) is 6.53. The Labute approximate surface area is 182 Å². The van der Waals surface area contributed by atoms with Crippen LogP contribution in [0.1, 0.15) is 17.5 Å². The molecule has 8 nitrogen and oxygen atoms in total. The number of anilines is 2. The summed E-state index contributed by atoms with van der Waals surface area (Å²) in [5.41, 5.74) is 1.73. The van der Waals surface area contributed by atoms with Gasteiger partial charge in [0, 0.05) is 12.6 Å². The number of amides is 2. The summed E-state index contributed by atoms with van der Waals surface area (Å²) in [7, 11) is 1.51. The highest BCUT2D eigenvalue weighted by Gasteiger charge is 2.20. The third-order valence-electron chi connectivity index (χ3n) is 4.32. The third kappa shape index (κ3) is 4.46. The average molecular weight is 433 g/mol. The molecule has 0 bridgehead atoms. The maximum atomic E-state index is 12.9. The van der Waals surface area contributed by atoms with E-state index in [2.05, 4.69) is 20.7 Å². The number of para-hydroxylation sites is 1. The van der Waals surface area contributed by atoms with Crippen LogP contribution in [0.15, 0.2) is 66.0 Å². The number of ether oxygens (including phenoxy) is 1. The molecule has 0 atom stereocenters. The fraction of sp³-hybridized carbons (Fsp3) is 0.0909. The van der Waals surface area contributed by atoms with Crippen molar-refractivity contribution in [3.63, 3.8) is 0 Å². The fourth-order valence-corrected chi connectivity index (χ4v) is 3.68. The van der Waals surface area contributed by atoms with Gasteiger partial charge in [0.25, 0.3) is 5.91 Å². The zero-order chi connectivity index (χ0) is 21.8. The Hall–Kier alpha value is -3.98. The molecule has 9 heteroatoms. The summed E-state index contributed by atoms with van der Waals surface area (Å²) in [5, 5.41) is 11.8. The number of hydrogen-bond acceptors (Lipinski definition) is 6. The molecule has 2 aromatic carbocycles. The predicted octanol–water partition coefficient (Wildman–Crippen LogP) is 4.22. The van der Waals surface area contributed by atoms with Gasteiger partial charge in [0.1, 0.15) is 5.75 Å². The van der Waals surface area contributed by atoms with Crippen molar-refractivity contribution in [3.8, 4) is 22.1 Å². The molecule has 0 aliphatic rings. The van der Waals surface area contributed by atoms with Crippen molar-refractivity contribution in [2.75, 3.05) is 17.7 Å². The SMILES string of the molecule is COc1ccc(NC(=O)c2nc(-c3cccs3)n(-c3ccccc3)n2)cc1NC(C)=O. The van der Waals surface area contributed by atoms with Gasteiger partial charge in [-0.05, 0) is 41.8 Å². The molecule has 2 heterocycles. The molecule has 2 N–H and O–H groups in total. The zero-order valence-corrected chi connectivity index (χ0v) is 17.6. The lowest BCUT2D eigenvalue weighted by atomic mass is 10.2. The van der Waals surface area contributed by atoms with Crippen LogP contribution in [-0.2, 0) is 4.79 Å². The second-order valence-corrected chi connectivity index (χ2v) is 7.48. The fourth-order valence-electron chi connectivity index (χ4n) is 2.98. The normalized spacial score (nSPS) is 10.5. The van der Waals surface area contributed by atoms with E-state index in [1.165, 1.54) is 25.4 Å². The lowest BCUT2D eigenvalue weighted by Gasteiger charge is -2.11. The summed E-state index contributed by atoms with van der Waals surface area (Å²) in [6.45, 7) is 1.40. The van der Waals surface area contributed by atoms with Gasteiger partial charge in [-0.3, -0.25) is 9.59 Å². The molecular formula is C22H19N5O3S. The number of rotatable bonds is 6. The van der Waals surface area contributed by atoms with Crippen LogP contribution in [0, 0.1) is 0 Å². The summed E-state index contributed by atoms with van der Waals surface area (Å²) < 4.78 is 6.90. The molecule has 0 aliphatic carbocycles. The number of carbonyl (C=O) groups excluding carboxylic acids is 2. The van der Waals surface area contributed by atoms with E-state index in [0.29, 0.717) is 22.9 Å². The van der Waals surface area contributed by atoms with Crippen LogP contribution in [0.5, 0.6) is 5.75 Å². The Morgan fingerprint density at radius 1 is 1.03 bits per heavy atom. The highest BCUT2D eigenvalue weighted by atomic mass is 32.1. The van der Waals surface area contributed by atoms with Crippen molar-refractivity contribution < 1.29 is 14.3 Å². The van der Waals surface area contributed by atoms with Gasteiger partial charge < -0.3 is 15.4 Å². The number of nitrogens with one attached hydrogen (secondary N) is 2. The molecule has 0 radical (unpaired) electrons. The van der Waals surface area contributed by atoms with Crippen molar-refractivity contribution in [1.29, 1.82) is 0 Å². The molecular weight excluding hydrogens is 414 g/mol. The Morgan fingerprint density at radius 2 is 1.84 bits per heavy atom. The lowest BCUT2D eigenvalue weighted by molar-refractivity contribution is -0.114. The van der Waals surface area contributed by atoms with E-state index >= 15 is 0 Å². The van der Waals surface area contributed by atoms with Crippen LogP contribution in [0.3, 0.4) is 0 Å². The molecule has 0 saturated carbocycles. The molecule has 31 heavy (non-hydrogen) atoms. The largest absolute Gasteiger partial charge is 0.495 e. The van der Waals surface area contributed by atoms with Gasteiger partial charge in [-0.15, -0.1) is 16.4 Å². The maximum absolute atomic E-state index is 12.9. The van der Waals surface area contributed by atoms with Gasteiger partial charge in [0.05, 0.1) is 23.4 Å². The van der Waals surface area contributed by atoms with Crippen molar-refractivity contribution in [2.45, 2.75) is 6.92 Å². The number of hydrogen-bond donors (Lipinski definition) is 2. The molecule has 0 spiro atoms. The molecule has 0 unspecified atom stereocenters. The van der Waals surface area contributed by atoms with Gasteiger partial charge in [-0.2, -0.15) is 0 Å². The number of aromatic nitrogens is 3. The first kappa shape index (κ1) is 20.3. The van der Waals surface area contributed by atoms with Crippen LogP contribution in [0.25, 0.3) is 16.4 Å². The molecule has 4 aromatic rings. The predicted molar refractivity (Wildman–Crippen MR) is 120 cm³/mol. The number of benzene rings is 2. The van der Waals surface area contributed by atoms with Gasteiger partial charge in [0.2, 0.25) is 11.7 Å². The van der Waals surface area contributed by atoms with E-state index in [9.17, 15) is 9.59 Å². The van der Waals surface area contributed by atoms with Crippen LogP contribution >= 0.6 is 11.3 Å². The number of methoxy groups -OCH3 is 1. The molecule has 0 saturated heterocycles. The summed E-state index contributed by atoms with van der Waals surface area (Å²) in [4.78, 5) is 29.7. The summed E-state index contributed by atoms with van der Waals surface area (Å²) in [6, 6.07) is 18.3. The van der Waals surface area contributed by atoms with Gasteiger partial charge in [-0.25, -0.2) is 9.67 Å². The van der Waals surface area contributed by atoms with E-state index in [-0.39, 0.29) is 11.7 Å². The minimum atomic E-state index is -0.466. The Balaban J connectivity index is 1.66. The standard InChI is InChI=1S/C22H19N5O3S/c1-14(28)23-17-13-15(10-11-18(17)30-2)24-22(29)20-25-21(19-9-6-12-31-19)27(26-20)16-7-4-3-5-8-16/h3-13H,1-2H3,(H,23,28)(H,24,29). The summed E-state index contributed by atoms with van der Waals surface area (Å²) in [5.74, 6) is 0.390.